The Morgan fingerprint density at radius 3 is 2.44 bits per heavy atom. The molecule has 0 saturated heterocycles. The third kappa shape index (κ3) is 2.02. The number of nitrogens with one attached hydrogen (secondary N) is 1. The molecule has 0 saturated carbocycles. The summed E-state index contributed by atoms with van der Waals surface area (Å²) < 4.78 is 0. The standard InChI is InChI=1S/C16H15NO/c18-16-11-5-7-12-6-1-2-8-13(12)14-9-3-4-10-15(14)17-16/h1-4,6,8-10H,5,7,11H2,(H,17,18). The van der Waals surface area contributed by atoms with Gasteiger partial charge in [0, 0.05) is 17.7 Å². The highest BCUT2D eigenvalue weighted by atomic mass is 16.1. The first-order valence-electron chi connectivity index (χ1n) is 6.32. The van der Waals surface area contributed by atoms with Gasteiger partial charge >= 0.3 is 0 Å². The summed E-state index contributed by atoms with van der Waals surface area (Å²) in [6, 6.07) is 16.4. The highest BCUT2D eigenvalue weighted by molar-refractivity contribution is 5.96. The molecule has 1 amide bonds. The van der Waals surface area contributed by atoms with Gasteiger partial charge in [-0.15, -0.1) is 0 Å². The zero-order valence-electron chi connectivity index (χ0n) is 10.1. The van der Waals surface area contributed by atoms with Crippen LogP contribution in [0.2, 0.25) is 0 Å². The average Bonchev–Trinajstić information content (AvgIpc) is 2.46. The van der Waals surface area contributed by atoms with Crippen LogP contribution in [0, 0.1) is 0 Å². The second-order valence-electron chi connectivity index (χ2n) is 4.60. The molecular formula is C16H15NO. The zero-order chi connectivity index (χ0) is 12.4. The number of hydrogen-bond acceptors (Lipinski definition) is 1. The minimum absolute atomic E-state index is 0.107. The van der Waals surface area contributed by atoms with Crippen LogP contribution in [0.3, 0.4) is 0 Å². The molecule has 1 aliphatic heterocycles. The molecule has 0 atom stereocenters. The van der Waals surface area contributed by atoms with Crippen LogP contribution in [0.25, 0.3) is 11.1 Å². The van der Waals surface area contributed by atoms with Crippen LogP contribution in [0.1, 0.15) is 18.4 Å². The quantitative estimate of drug-likeness (QED) is 0.744. The van der Waals surface area contributed by atoms with Gasteiger partial charge < -0.3 is 5.32 Å². The Hall–Kier alpha value is -2.09. The van der Waals surface area contributed by atoms with Gasteiger partial charge in [-0.3, -0.25) is 4.79 Å². The number of aryl methyl sites for hydroxylation is 1. The highest BCUT2D eigenvalue weighted by Gasteiger charge is 2.13. The van der Waals surface area contributed by atoms with E-state index in [-0.39, 0.29) is 5.91 Å². The molecule has 1 aliphatic rings. The molecule has 0 aromatic heterocycles. The molecule has 0 unspecified atom stereocenters. The van der Waals surface area contributed by atoms with Gasteiger partial charge in [0.1, 0.15) is 0 Å². The van der Waals surface area contributed by atoms with Gasteiger partial charge in [-0.2, -0.15) is 0 Å². The van der Waals surface area contributed by atoms with Gasteiger partial charge in [0.2, 0.25) is 5.91 Å². The summed E-state index contributed by atoms with van der Waals surface area (Å²) in [5, 5.41) is 3.00. The number of rotatable bonds is 0. The summed E-state index contributed by atoms with van der Waals surface area (Å²) in [5.41, 5.74) is 4.58. The number of carbonyl (C=O) groups is 1. The van der Waals surface area contributed by atoms with Crippen LogP contribution in [0.5, 0.6) is 0 Å². The number of hydrogen-bond donors (Lipinski definition) is 1. The maximum atomic E-state index is 11.8. The first kappa shape index (κ1) is 11.0. The van der Waals surface area contributed by atoms with E-state index in [1.165, 1.54) is 11.1 Å². The fraction of sp³-hybridized carbons (Fsp3) is 0.188. The van der Waals surface area contributed by atoms with Gasteiger partial charge in [-0.25, -0.2) is 0 Å². The van der Waals surface area contributed by atoms with Crippen molar-refractivity contribution in [3.05, 3.63) is 54.1 Å². The Labute approximate surface area is 107 Å². The summed E-state index contributed by atoms with van der Waals surface area (Å²) in [5.74, 6) is 0.107. The van der Waals surface area contributed by atoms with Gasteiger partial charge in [0.25, 0.3) is 0 Å². The number of carbonyl (C=O) groups excluding carboxylic acids is 1. The molecule has 1 N–H and O–H groups in total. The summed E-state index contributed by atoms with van der Waals surface area (Å²) in [6.07, 6.45) is 2.44. The molecule has 0 aliphatic carbocycles. The van der Waals surface area contributed by atoms with Gasteiger partial charge in [0.15, 0.2) is 0 Å². The lowest BCUT2D eigenvalue weighted by atomic mass is 9.96. The Morgan fingerprint density at radius 1 is 0.833 bits per heavy atom. The van der Waals surface area contributed by atoms with E-state index in [0.29, 0.717) is 6.42 Å². The van der Waals surface area contributed by atoms with Crippen LogP contribution in [0.15, 0.2) is 48.5 Å². The van der Waals surface area contributed by atoms with Gasteiger partial charge in [-0.05, 0) is 30.0 Å². The predicted octanol–water partition coefficient (Wildman–Crippen LogP) is 3.63. The first-order valence-corrected chi connectivity index (χ1v) is 6.32. The smallest absolute Gasteiger partial charge is 0.224 e. The first-order chi connectivity index (χ1) is 8.84. The van der Waals surface area contributed by atoms with Crippen molar-refractivity contribution in [3.63, 3.8) is 0 Å². The molecule has 90 valence electrons. The van der Waals surface area contributed by atoms with Crippen molar-refractivity contribution in [1.29, 1.82) is 0 Å². The van der Waals surface area contributed by atoms with Crippen molar-refractivity contribution in [2.75, 3.05) is 5.32 Å². The highest BCUT2D eigenvalue weighted by Crippen LogP contribution is 2.32. The topological polar surface area (TPSA) is 29.1 Å². The molecule has 0 fully saturated rings. The number of benzene rings is 2. The molecule has 0 radical (unpaired) electrons. The van der Waals surface area contributed by atoms with Crippen LogP contribution in [-0.4, -0.2) is 5.91 Å². The summed E-state index contributed by atoms with van der Waals surface area (Å²) >= 11 is 0. The monoisotopic (exact) mass is 237 g/mol. The maximum absolute atomic E-state index is 11.8. The van der Waals surface area contributed by atoms with E-state index in [2.05, 4.69) is 35.6 Å². The van der Waals surface area contributed by atoms with Gasteiger partial charge in [0.05, 0.1) is 0 Å². The zero-order valence-corrected chi connectivity index (χ0v) is 10.1. The molecule has 1 heterocycles. The molecular weight excluding hydrogens is 222 g/mol. The van der Waals surface area contributed by atoms with Crippen LogP contribution in [-0.2, 0) is 11.2 Å². The molecule has 2 aromatic carbocycles. The molecule has 0 spiro atoms. The van der Waals surface area contributed by atoms with Crippen molar-refractivity contribution >= 4 is 11.6 Å². The Bertz CT molecular complexity index is 589. The fourth-order valence-electron chi connectivity index (χ4n) is 2.48. The molecule has 2 heteroatoms. The molecule has 3 rings (SSSR count). The minimum atomic E-state index is 0.107. The number of anilines is 1. The summed E-state index contributed by atoms with van der Waals surface area (Å²) in [4.78, 5) is 11.8. The molecule has 18 heavy (non-hydrogen) atoms. The third-order valence-electron chi connectivity index (χ3n) is 3.36. The SMILES string of the molecule is O=C1CCCc2ccccc2-c2ccccc2N1. The van der Waals surface area contributed by atoms with E-state index < -0.39 is 0 Å². The molecule has 0 bridgehead atoms. The fourth-order valence-corrected chi connectivity index (χ4v) is 2.48. The lowest BCUT2D eigenvalue weighted by molar-refractivity contribution is -0.116. The second kappa shape index (κ2) is 4.65. The summed E-state index contributed by atoms with van der Waals surface area (Å²) in [6.45, 7) is 0. The third-order valence-corrected chi connectivity index (χ3v) is 3.36. The lowest BCUT2D eigenvalue weighted by Gasteiger charge is -2.12. The van der Waals surface area contributed by atoms with Crippen LogP contribution in [0.4, 0.5) is 5.69 Å². The number of para-hydroxylation sites is 1. The normalized spacial score (nSPS) is 14.6. The van der Waals surface area contributed by atoms with E-state index in [9.17, 15) is 4.79 Å². The minimum Gasteiger partial charge on any atom is -0.326 e. The van der Waals surface area contributed by atoms with E-state index in [1.54, 1.807) is 0 Å². The predicted molar refractivity (Wildman–Crippen MR) is 73.4 cm³/mol. The second-order valence-corrected chi connectivity index (χ2v) is 4.60. The van der Waals surface area contributed by atoms with E-state index >= 15 is 0 Å². The Balaban J connectivity index is 2.19. The van der Waals surface area contributed by atoms with Crippen molar-refractivity contribution in [2.24, 2.45) is 0 Å². The van der Waals surface area contributed by atoms with Crippen molar-refractivity contribution in [1.82, 2.24) is 0 Å². The number of fused-ring (bicyclic) bond motifs is 3. The maximum Gasteiger partial charge on any atom is 0.224 e. The van der Waals surface area contributed by atoms with E-state index in [4.69, 9.17) is 0 Å². The lowest BCUT2D eigenvalue weighted by Crippen LogP contribution is -2.11. The number of amides is 1. The largest absolute Gasteiger partial charge is 0.326 e. The van der Waals surface area contributed by atoms with Crippen molar-refractivity contribution in [3.8, 4) is 11.1 Å². The Kier molecular flexibility index (Phi) is 2.85. The van der Waals surface area contributed by atoms with Crippen LogP contribution >= 0.6 is 0 Å². The Morgan fingerprint density at radius 2 is 1.56 bits per heavy atom. The summed E-state index contributed by atoms with van der Waals surface area (Å²) in [7, 11) is 0. The molecule has 2 aromatic rings. The van der Waals surface area contributed by atoms with Crippen molar-refractivity contribution < 1.29 is 4.79 Å². The van der Waals surface area contributed by atoms with Crippen molar-refractivity contribution in [2.45, 2.75) is 19.3 Å². The van der Waals surface area contributed by atoms with Crippen LogP contribution < -0.4 is 5.32 Å². The van der Waals surface area contributed by atoms with E-state index in [0.717, 1.165) is 24.1 Å². The van der Waals surface area contributed by atoms with Gasteiger partial charge in [-0.1, -0.05) is 42.5 Å². The average molecular weight is 237 g/mol. The molecule has 2 nitrogen and oxygen atoms in total. The van der Waals surface area contributed by atoms with E-state index in [1.807, 2.05) is 18.2 Å².